The maximum absolute atomic E-state index is 10.2. The van der Waals surface area contributed by atoms with E-state index in [2.05, 4.69) is 0 Å². The topological polar surface area (TPSA) is 29.6 Å². The van der Waals surface area contributed by atoms with E-state index in [1.54, 1.807) is 0 Å². The number of carbonyl (C=O) groups is 1. The third kappa shape index (κ3) is 1.17. The highest BCUT2D eigenvalue weighted by molar-refractivity contribution is 5.61. The molecular weight excluding hydrogens is 140 g/mol. The van der Waals surface area contributed by atoms with E-state index in [9.17, 15) is 4.79 Å². The van der Waals surface area contributed by atoms with Crippen molar-refractivity contribution in [3.8, 4) is 0 Å². The van der Waals surface area contributed by atoms with Crippen molar-refractivity contribution in [3.05, 3.63) is 35.9 Å². The number of carbonyl (C=O) groups excluding carboxylic acids is 1. The van der Waals surface area contributed by atoms with Crippen LogP contribution in [0.5, 0.6) is 0 Å². The molecule has 0 radical (unpaired) electrons. The number of aldehydes is 1. The molecule has 2 heteroatoms. The molecule has 1 aromatic carbocycles. The van der Waals surface area contributed by atoms with E-state index >= 15 is 0 Å². The molecule has 1 heterocycles. The Morgan fingerprint density at radius 1 is 1.27 bits per heavy atom. The molecule has 1 aliphatic heterocycles. The van der Waals surface area contributed by atoms with Gasteiger partial charge in [-0.3, -0.25) is 0 Å². The van der Waals surface area contributed by atoms with E-state index in [-0.39, 0.29) is 12.2 Å². The fraction of sp³-hybridized carbons (Fsp3) is 0.222. The predicted molar refractivity (Wildman–Crippen MR) is 40.1 cm³/mol. The average Bonchev–Trinajstić information content (AvgIpc) is 2.85. The number of ether oxygens (including phenoxy) is 1. The quantitative estimate of drug-likeness (QED) is 0.467. The molecule has 2 nitrogen and oxygen atoms in total. The van der Waals surface area contributed by atoms with E-state index in [1.807, 2.05) is 30.3 Å². The highest BCUT2D eigenvalue weighted by atomic mass is 16.6. The highest BCUT2D eigenvalue weighted by Gasteiger charge is 2.39. The van der Waals surface area contributed by atoms with Crippen LogP contribution in [0.4, 0.5) is 0 Å². The lowest BCUT2D eigenvalue weighted by molar-refractivity contribution is -0.108. The Morgan fingerprint density at radius 2 is 2.00 bits per heavy atom. The Bertz CT molecular complexity index is 256. The monoisotopic (exact) mass is 148 g/mol. The summed E-state index contributed by atoms with van der Waals surface area (Å²) in [6, 6.07) is 9.77. The number of hydrogen-bond donors (Lipinski definition) is 0. The summed E-state index contributed by atoms with van der Waals surface area (Å²) in [6.07, 6.45) is 0.670. The molecule has 56 valence electrons. The van der Waals surface area contributed by atoms with Crippen LogP contribution in [-0.4, -0.2) is 12.4 Å². The Morgan fingerprint density at radius 3 is 2.55 bits per heavy atom. The van der Waals surface area contributed by atoms with Crippen LogP contribution in [-0.2, 0) is 9.53 Å². The minimum absolute atomic E-state index is 0.0219. The summed E-state index contributed by atoms with van der Waals surface area (Å²) in [4.78, 5) is 10.2. The number of epoxide rings is 1. The van der Waals surface area contributed by atoms with Crippen LogP contribution in [0.1, 0.15) is 11.7 Å². The third-order valence-electron chi connectivity index (χ3n) is 1.79. The van der Waals surface area contributed by atoms with E-state index in [1.165, 1.54) is 0 Å². The molecule has 0 N–H and O–H groups in total. The number of benzene rings is 1. The Balaban J connectivity index is 2.14. The Hall–Kier alpha value is -1.15. The second-order valence-corrected chi connectivity index (χ2v) is 2.57. The van der Waals surface area contributed by atoms with Gasteiger partial charge >= 0.3 is 0 Å². The average molecular weight is 148 g/mol. The fourth-order valence-electron chi connectivity index (χ4n) is 1.14. The molecule has 11 heavy (non-hydrogen) atoms. The van der Waals surface area contributed by atoms with Crippen LogP contribution in [0.15, 0.2) is 30.3 Å². The molecule has 1 aliphatic rings. The number of hydrogen-bond acceptors (Lipinski definition) is 2. The Labute approximate surface area is 64.8 Å². The molecule has 0 aromatic heterocycles. The van der Waals surface area contributed by atoms with E-state index in [4.69, 9.17) is 4.74 Å². The third-order valence-corrected chi connectivity index (χ3v) is 1.79. The second-order valence-electron chi connectivity index (χ2n) is 2.57. The summed E-state index contributed by atoms with van der Waals surface area (Å²) in [6.45, 7) is 0. The molecule has 0 spiro atoms. The van der Waals surface area contributed by atoms with Gasteiger partial charge in [-0.05, 0) is 5.56 Å². The summed E-state index contributed by atoms with van der Waals surface area (Å²) < 4.78 is 5.08. The summed E-state index contributed by atoms with van der Waals surface area (Å²) in [5.74, 6) is 0. The van der Waals surface area contributed by atoms with Crippen molar-refractivity contribution in [2.75, 3.05) is 0 Å². The van der Waals surface area contributed by atoms with Crippen molar-refractivity contribution in [1.29, 1.82) is 0 Å². The largest absolute Gasteiger partial charge is 0.357 e. The van der Waals surface area contributed by atoms with Crippen LogP contribution in [0.2, 0.25) is 0 Å². The fourth-order valence-corrected chi connectivity index (χ4v) is 1.14. The van der Waals surface area contributed by atoms with Gasteiger partial charge in [-0.1, -0.05) is 30.3 Å². The minimum Gasteiger partial charge on any atom is -0.357 e. The first kappa shape index (κ1) is 6.55. The summed E-state index contributed by atoms with van der Waals surface area (Å²) in [5, 5.41) is 0. The first-order chi connectivity index (χ1) is 5.42. The maximum atomic E-state index is 10.2. The van der Waals surface area contributed by atoms with Crippen LogP contribution >= 0.6 is 0 Å². The molecule has 1 aromatic rings. The molecular formula is C9H8O2. The Kier molecular flexibility index (Phi) is 1.47. The lowest BCUT2D eigenvalue weighted by Crippen LogP contribution is -1.87. The molecule has 1 saturated heterocycles. The van der Waals surface area contributed by atoms with Gasteiger partial charge in [0.15, 0.2) is 6.29 Å². The second kappa shape index (κ2) is 2.47. The van der Waals surface area contributed by atoms with Crippen molar-refractivity contribution in [1.82, 2.24) is 0 Å². The lowest BCUT2D eigenvalue weighted by atomic mass is 10.1. The SMILES string of the molecule is O=C[C@@H]1O[C@@H]1c1ccccc1. The van der Waals surface area contributed by atoms with Gasteiger partial charge in [0.05, 0.1) is 0 Å². The first-order valence-electron chi connectivity index (χ1n) is 3.57. The molecule has 0 saturated carbocycles. The predicted octanol–water partition coefficient (Wildman–Crippen LogP) is 1.33. The maximum Gasteiger partial charge on any atom is 0.151 e. The zero-order valence-corrected chi connectivity index (χ0v) is 5.94. The van der Waals surface area contributed by atoms with Gasteiger partial charge in [-0.2, -0.15) is 0 Å². The molecule has 0 aliphatic carbocycles. The van der Waals surface area contributed by atoms with Crippen molar-refractivity contribution >= 4 is 6.29 Å². The number of rotatable bonds is 2. The highest BCUT2D eigenvalue weighted by Crippen LogP contribution is 2.36. The van der Waals surface area contributed by atoms with Gasteiger partial charge in [0.1, 0.15) is 12.2 Å². The van der Waals surface area contributed by atoms with Gasteiger partial charge < -0.3 is 9.53 Å². The summed E-state index contributed by atoms with van der Waals surface area (Å²) >= 11 is 0. The van der Waals surface area contributed by atoms with Gasteiger partial charge in [-0.15, -0.1) is 0 Å². The smallest absolute Gasteiger partial charge is 0.151 e. The molecule has 2 atom stereocenters. The molecule has 0 amide bonds. The summed E-state index contributed by atoms with van der Waals surface area (Å²) in [5.41, 5.74) is 1.09. The minimum atomic E-state index is -0.197. The van der Waals surface area contributed by atoms with Crippen molar-refractivity contribution < 1.29 is 9.53 Å². The zero-order valence-electron chi connectivity index (χ0n) is 5.94. The van der Waals surface area contributed by atoms with E-state index < -0.39 is 0 Å². The van der Waals surface area contributed by atoms with Gasteiger partial charge in [0, 0.05) is 0 Å². The summed E-state index contributed by atoms with van der Waals surface area (Å²) in [7, 11) is 0. The van der Waals surface area contributed by atoms with Crippen molar-refractivity contribution in [2.45, 2.75) is 12.2 Å². The lowest BCUT2D eigenvalue weighted by Gasteiger charge is -1.90. The van der Waals surface area contributed by atoms with Crippen LogP contribution in [0.3, 0.4) is 0 Å². The van der Waals surface area contributed by atoms with Crippen molar-refractivity contribution in [2.24, 2.45) is 0 Å². The molecule has 2 rings (SSSR count). The normalized spacial score (nSPS) is 28.0. The van der Waals surface area contributed by atoms with Gasteiger partial charge in [-0.25, -0.2) is 0 Å². The molecule has 0 bridgehead atoms. The van der Waals surface area contributed by atoms with Crippen LogP contribution in [0, 0.1) is 0 Å². The zero-order chi connectivity index (χ0) is 7.68. The van der Waals surface area contributed by atoms with Crippen LogP contribution in [0.25, 0.3) is 0 Å². The first-order valence-corrected chi connectivity index (χ1v) is 3.57. The molecule has 0 unspecified atom stereocenters. The van der Waals surface area contributed by atoms with Crippen molar-refractivity contribution in [3.63, 3.8) is 0 Å². The standard InChI is InChI=1S/C9H8O2/c10-6-8-9(11-8)7-4-2-1-3-5-7/h1-6,8-9H/t8-,9+/m0/s1. The van der Waals surface area contributed by atoms with E-state index in [0.717, 1.165) is 11.8 Å². The van der Waals surface area contributed by atoms with E-state index in [0.29, 0.717) is 0 Å². The molecule has 1 fully saturated rings. The van der Waals surface area contributed by atoms with Crippen LogP contribution < -0.4 is 0 Å². The van der Waals surface area contributed by atoms with Gasteiger partial charge in [0.25, 0.3) is 0 Å². The van der Waals surface area contributed by atoms with Gasteiger partial charge in [0.2, 0.25) is 0 Å².